The fraction of sp³-hybridized carbons (Fsp3) is 0.579. The molecule has 3 amide bonds. The third kappa shape index (κ3) is 5.68. The van der Waals surface area contributed by atoms with E-state index in [4.69, 9.17) is 0 Å². The van der Waals surface area contributed by atoms with Gasteiger partial charge in [-0.15, -0.1) is 10.2 Å². The first kappa shape index (κ1) is 20.6. The number of fused-ring (bicyclic) bond motifs is 1. The van der Waals surface area contributed by atoms with Crippen LogP contribution in [0.5, 0.6) is 0 Å². The summed E-state index contributed by atoms with van der Waals surface area (Å²) in [5, 5.41) is 17.0. The number of aromatic nitrogens is 3. The fourth-order valence-electron chi connectivity index (χ4n) is 3.51. The monoisotopic (exact) mass is 404 g/mol. The van der Waals surface area contributed by atoms with Gasteiger partial charge in [-0.2, -0.15) is 11.8 Å². The Bertz CT molecular complexity index is 790. The highest BCUT2D eigenvalue weighted by atomic mass is 32.2. The molecule has 152 valence electrons. The van der Waals surface area contributed by atoms with Gasteiger partial charge in [-0.1, -0.05) is 25.3 Å². The summed E-state index contributed by atoms with van der Waals surface area (Å²) in [5.74, 6) is 1.34. The van der Waals surface area contributed by atoms with E-state index in [-0.39, 0.29) is 24.5 Å². The molecule has 2 aromatic heterocycles. The minimum atomic E-state index is -0.410. The van der Waals surface area contributed by atoms with Crippen LogP contribution >= 0.6 is 11.8 Å². The summed E-state index contributed by atoms with van der Waals surface area (Å²) >= 11 is 1.73. The van der Waals surface area contributed by atoms with E-state index in [2.05, 4.69) is 26.1 Å². The van der Waals surface area contributed by atoms with Gasteiger partial charge in [-0.3, -0.25) is 19.8 Å². The van der Waals surface area contributed by atoms with Crippen molar-refractivity contribution in [2.75, 3.05) is 18.6 Å². The van der Waals surface area contributed by atoms with Crippen molar-refractivity contribution in [2.24, 2.45) is 0 Å². The molecule has 1 atom stereocenters. The molecule has 0 aromatic carbocycles. The molecule has 1 aliphatic rings. The Morgan fingerprint density at radius 3 is 2.86 bits per heavy atom. The number of imide groups is 1. The van der Waals surface area contributed by atoms with Gasteiger partial charge in [0, 0.05) is 12.2 Å². The molecule has 0 unspecified atom stereocenters. The van der Waals surface area contributed by atoms with Crippen molar-refractivity contribution < 1.29 is 9.59 Å². The number of carbonyl (C=O) groups excluding carboxylic acids is 2. The summed E-state index contributed by atoms with van der Waals surface area (Å²) < 4.78 is 1.92. The molecule has 0 saturated heterocycles. The number of pyridine rings is 1. The van der Waals surface area contributed by atoms with E-state index in [1.807, 2.05) is 35.1 Å². The smallest absolute Gasteiger partial charge is 0.321 e. The zero-order chi connectivity index (χ0) is 19.8. The van der Waals surface area contributed by atoms with E-state index in [0.717, 1.165) is 49.3 Å². The predicted molar refractivity (Wildman–Crippen MR) is 110 cm³/mol. The van der Waals surface area contributed by atoms with Crippen molar-refractivity contribution in [3.8, 4) is 0 Å². The number of thioether (sulfide) groups is 1. The Balaban J connectivity index is 1.54. The van der Waals surface area contributed by atoms with Gasteiger partial charge in [-0.25, -0.2) is 4.79 Å². The molecule has 28 heavy (non-hydrogen) atoms. The number of carbonyl (C=O) groups is 2. The third-order valence-corrected chi connectivity index (χ3v) is 5.61. The van der Waals surface area contributed by atoms with E-state index in [1.165, 1.54) is 6.42 Å². The summed E-state index contributed by atoms with van der Waals surface area (Å²) in [7, 11) is 0. The van der Waals surface area contributed by atoms with Crippen molar-refractivity contribution >= 4 is 29.3 Å². The quantitative estimate of drug-likeness (QED) is 0.624. The van der Waals surface area contributed by atoms with E-state index >= 15 is 0 Å². The Labute approximate surface area is 169 Å². The summed E-state index contributed by atoms with van der Waals surface area (Å²) in [6.07, 6.45) is 10.2. The number of hydrogen-bond acceptors (Lipinski definition) is 6. The van der Waals surface area contributed by atoms with Crippen LogP contribution in [0.3, 0.4) is 0 Å². The molecular weight excluding hydrogens is 376 g/mol. The van der Waals surface area contributed by atoms with Crippen LogP contribution in [0.25, 0.3) is 5.65 Å². The molecule has 0 bridgehead atoms. The molecule has 3 rings (SSSR count). The van der Waals surface area contributed by atoms with E-state index in [0.29, 0.717) is 0 Å². The zero-order valence-corrected chi connectivity index (χ0v) is 17.0. The van der Waals surface area contributed by atoms with Gasteiger partial charge in [-0.05, 0) is 43.4 Å². The van der Waals surface area contributed by atoms with Crippen molar-refractivity contribution in [2.45, 2.75) is 50.6 Å². The van der Waals surface area contributed by atoms with Crippen molar-refractivity contribution in [3.63, 3.8) is 0 Å². The van der Waals surface area contributed by atoms with Gasteiger partial charge < -0.3 is 5.32 Å². The maximum atomic E-state index is 12.2. The van der Waals surface area contributed by atoms with E-state index < -0.39 is 6.03 Å². The Kier molecular flexibility index (Phi) is 7.67. The maximum Gasteiger partial charge on any atom is 0.321 e. The molecule has 1 aliphatic carbocycles. The lowest BCUT2D eigenvalue weighted by Crippen LogP contribution is -2.47. The van der Waals surface area contributed by atoms with Crippen LogP contribution in [-0.2, 0) is 4.79 Å². The molecule has 0 aliphatic heterocycles. The summed E-state index contributed by atoms with van der Waals surface area (Å²) in [4.78, 5) is 24.3. The first-order chi connectivity index (χ1) is 13.7. The topological polar surface area (TPSA) is 100 Å². The summed E-state index contributed by atoms with van der Waals surface area (Å²) in [5.41, 5.74) is 0.768. The van der Waals surface area contributed by atoms with E-state index in [1.54, 1.807) is 11.8 Å². The summed E-state index contributed by atoms with van der Waals surface area (Å²) in [6, 6.07) is 5.37. The standard InChI is InChI=1S/C19H28N6O2S/c1-28-12-10-15(18-24-23-16-9-5-6-11-25(16)18)20-13-17(26)22-19(27)21-14-7-3-2-4-8-14/h5-6,9,11,14-15,20H,2-4,7-8,10,12-13H2,1H3,(H2,21,22,26,27)/t15-/m1/s1. The Hall–Kier alpha value is -2.13. The summed E-state index contributed by atoms with van der Waals surface area (Å²) in [6.45, 7) is 0.0406. The van der Waals surface area contributed by atoms with Crippen LogP contribution in [0.2, 0.25) is 0 Å². The van der Waals surface area contributed by atoms with Crippen molar-refractivity contribution in [3.05, 3.63) is 30.2 Å². The largest absolute Gasteiger partial charge is 0.335 e. The Morgan fingerprint density at radius 1 is 1.25 bits per heavy atom. The number of nitrogens with one attached hydrogen (secondary N) is 3. The van der Waals surface area contributed by atoms with Gasteiger partial charge in [0.1, 0.15) is 0 Å². The molecule has 0 radical (unpaired) electrons. The van der Waals surface area contributed by atoms with Crippen LogP contribution in [0, 0.1) is 0 Å². The maximum absolute atomic E-state index is 12.2. The molecule has 1 saturated carbocycles. The molecule has 3 N–H and O–H groups in total. The number of amides is 3. The van der Waals surface area contributed by atoms with Crippen LogP contribution in [-0.4, -0.2) is 51.1 Å². The lowest BCUT2D eigenvalue weighted by Gasteiger charge is -2.22. The lowest BCUT2D eigenvalue weighted by atomic mass is 9.96. The second-order valence-electron chi connectivity index (χ2n) is 7.06. The minimum Gasteiger partial charge on any atom is -0.335 e. The van der Waals surface area contributed by atoms with Crippen LogP contribution in [0.1, 0.15) is 50.4 Å². The molecule has 2 heterocycles. The molecular formula is C19H28N6O2S. The third-order valence-electron chi connectivity index (χ3n) is 4.96. The number of rotatable bonds is 8. The molecule has 2 aromatic rings. The van der Waals surface area contributed by atoms with Crippen LogP contribution < -0.4 is 16.0 Å². The van der Waals surface area contributed by atoms with Gasteiger partial charge in [0.25, 0.3) is 0 Å². The second-order valence-corrected chi connectivity index (χ2v) is 8.04. The highest BCUT2D eigenvalue weighted by Crippen LogP contribution is 2.18. The van der Waals surface area contributed by atoms with Crippen LogP contribution in [0.4, 0.5) is 4.79 Å². The van der Waals surface area contributed by atoms with Gasteiger partial charge in [0.15, 0.2) is 11.5 Å². The highest BCUT2D eigenvalue weighted by molar-refractivity contribution is 7.98. The van der Waals surface area contributed by atoms with Gasteiger partial charge in [0.05, 0.1) is 12.6 Å². The predicted octanol–water partition coefficient (Wildman–Crippen LogP) is 2.27. The first-order valence-electron chi connectivity index (χ1n) is 9.79. The minimum absolute atomic E-state index is 0.0406. The number of nitrogens with zero attached hydrogens (tertiary/aromatic N) is 3. The normalized spacial score (nSPS) is 16.0. The second kappa shape index (κ2) is 10.4. The van der Waals surface area contributed by atoms with Gasteiger partial charge >= 0.3 is 6.03 Å². The van der Waals surface area contributed by atoms with Crippen molar-refractivity contribution in [1.82, 2.24) is 30.5 Å². The average Bonchev–Trinajstić information content (AvgIpc) is 3.13. The number of urea groups is 1. The van der Waals surface area contributed by atoms with Crippen LogP contribution in [0.15, 0.2) is 24.4 Å². The lowest BCUT2D eigenvalue weighted by molar-refractivity contribution is -0.119. The Morgan fingerprint density at radius 2 is 2.07 bits per heavy atom. The average molecular weight is 405 g/mol. The van der Waals surface area contributed by atoms with Crippen molar-refractivity contribution in [1.29, 1.82) is 0 Å². The fourth-order valence-corrected chi connectivity index (χ4v) is 3.98. The zero-order valence-electron chi connectivity index (χ0n) is 16.2. The first-order valence-corrected chi connectivity index (χ1v) is 11.2. The molecule has 8 nitrogen and oxygen atoms in total. The van der Waals surface area contributed by atoms with E-state index in [9.17, 15) is 9.59 Å². The SMILES string of the molecule is CSCC[C@@H](NCC(=O)NC(=O)NC1CCCCC1)c1nnc2ccccn12. The van der Waals surface area contributed by atoms with Gasteiger partial charge in [0.2, 0.25) is 5.91 Å². The number of hydrogen-bond donors (Lipinski definition) is 3. The molecule has 9 heteroatoms. The highest BCUT2D eigenvalue weighted by Gasteiger charge is 2.20. The molecule has 0 spiro atoms. The molecule has 1 fully saturated rings.